The number of primary amides is 1. The summed E-state index contributed by atoms with van der Waals surface area (Å²) in [7, 11) is 1.64. The Kier molecular flexibility index (Phi) is 8.37. The Morgan fingerprint density at radius 3 is 2.25 bits per heavy atom. The van der Waals surface area contributed by atoms with E-state index in [1.54, 1.807) is 19.2 Å². The molecule has 0 radical (unpaired) electrons. The largest absolute Gasteiger partial charge is 0.383 e. The summed E-state index contributed by atoms with van der Waals surface area (Å²) in [6.45, 7) is 3.59. The Hall–Kier alpha value is -1.63. The van der Waals surface area contributed by atoms with Gasteiger partial charge in [0.2, 0.25) is 5.91 Å². The van der Waals surface area contributed by atoms with Gasteiger partial charge in [0.25, 0.3) is 0 Å². The van der Waals surface area contributed by atoms with E-state index in [-0.39, 0.29) is 0 Å². The second-order valence-electron chi connectivity index (χ2n) is 4.09. The fourth-order valence-electron chi connectivity index (χ4n) is 1.48. The molecule has 0 unspecified atom stereocenters. The van der Waals surface area contributed by atoms with E-state index in [1.807, 2.05) is 12.1 Å². The molecule has 0 atom stereocenters. The third-order valence-corrected chi connectivity index (χ3v) is 2.55. The zero-order chi connectivity index (χ0) is 14.6. The fourth-order valence-corrected chi connectivity index (χ4v) is 1.48. The highest BCUT2D eigenvalue weighted by molar-refractivity contribution is 5.93. The first-order chi connectivity index (χ1) is 9.74. The molecule has 0 fully saturated rings. The summed E-state index contributed by atoms with van der Waals surface area (Å²) in [6, 6.07) is 7.01. The molecule has 6 nitrogen and oxygen atoms in total. The number of nitrogens with one attached hydrogen (secondary N) is 1. The van der Waals surface area contributed by atoms with Crippen LogP contribution in [0.2, 0.25) is 0 Å². The summed E-state index contributed by atoms with van der Waals surface area (Å²) >= 11 is 0. The molecule has 1 rings (SSSR count). The maximum atomic E-state index is 10.9. The molecule has 0 saturated heterocycles. The molecule has 0 bridgehead atoms. The molecule has 0 spiro atoms. The van der Waals surface area contributed by atoms with Gasteiger partial charge in [-0.15, -0.1) is 0 Å². The third kappa shape index (κ3) is 7.08. The van der Waals surface area contributed by atoms with Crippen molar-refractivity contribution in [1.82, 2.24) is 0 Å². The van der Waals surface area contributed by atoms with E-state index in [1.165, 1.54) is 0 Å². The molecule has 112 valence electrons. The molecular weight excluding hydrogens is 260 g/mol. The van der Waals surface area contributed by atoms with Crippen molar-refractivity contribution in [1.29, 1.82) is 0 Å². The van der Waals surface area contributed by atoms with Crippen molar-refractivity contribution in [2.75, 3.05) is 52.0 Å². The van der Waals surface area contributed by atoms with Crippen molar-refractivity contribution in [2.24, 2.45) is 5.73 Å². The lowest BCUT2D eigenvalue weighted by molar-refractivity contribution is 0.0272. The predicted molar refractivity (Wildman–Crippen MR) is 77.0 cm³/mol. The third-order valence-electron chi connectivity index (χ3n) is 2.55. The van der Waals surface area contributed by atoms with Crippen LogP contribution in [0.1, 0.15) is 10.4 Å². The molecule has 1 aromatic carbocycles. The molecule has 0 aromatic heterocycles. The minimum atomic E-state index is -0.423. The van der Waals surface area contributed by atoms with Crippen molar-refractivity contribution in [3.63, 3.8) is 0 Å². The standard InChI is InChI=1S/C14H22N2O4/c1-18-8-9-20-11-10-19-7-6-16-13-4-2-12(3-5-13)14(15)17/h2-5,16H,6-11H2,1H3,(H2,15,17). The minimum absolute atomic E-state index is 0.423. The van der Waals surface area contributed by atoms with E-state index in [4.69, 9.17) is 19.9 Å². The number of nitrogens with two attached hydrogens (primary N) is 1. The van der Waals surface area contributed by atoms with Crippen molar-refractivity contribution in [2.45, 2.75) is 0 Å². The van der Waals surface area contributed by atoms with Gasteiger partial charge in [0.05, 0.1) is 33.0 Å². The van der Waals surface area contributed by atoms with E-state index in [0.29, 0.717) is 45.1 Å². The van der Waals surface area contributed by atoms with E-state index in [9.17, 15) is 4.79 Å². The minimum Gasteiger partial charge on any atom is -0.383 e. The van der Waals surface area contributed by atoms with Crippen LogP contribution < -0.4 is 11.1 Å². The number of hydrogen-bond acceptors (Lipinski definition) is 5. The van der Waals surface area contributed by atoms with Crippen LogP contribution in [-0.2, 0) is 14.2 Å². The maximum Gasteiger partial charge on any atom is 0.248 e. The monoisotopic (exact) mass is 282 g/mol. The zero-order valence-electron chi connectivity index (χ0n) is 11.8. The molecule has 0 heterocycles. The molecule has 20 heavy (non-hydrogen) atoms. The lowest BCUT2D eigenvalue weighted by atomic mass is 10.2. The van der Waals surface area contributed by atoms with Crippen LogP contribution in [0.5, 0.6) is 0 Å². The summed E-state index contributed by atoms with van der Waals surface area (Å²) in [4.78, 5) is 10.9. The summed E-state index contributed by atoms with van der Waals surface area (Å²) in [6.07, 6.45) is 0. The number of carbonyl (C=O) groups excluding carboxylic acids is 1. The number of ether oxygens (including phenoxy) is 3. The number of hydrogen-bond donors (Lipinski definition) is 2. The molecule has 0 aliphatic carbocycles. The average Bonchev–Trinajstić information content (AvgIpc) is 2.46. The summed E-state index contributed by atoms with van der Waals surface area (Å²) in [5.41, 5.74) is 6.59. The number of amides is 1. The van der Waals surface area contributed by atoms with Crippen molar-refractivity contribution >= 4 is 11.6 Å². The average molecular weight is 282 g/mol. The molecular formula is C14H22N2O4. The first-order valence-corrected chi connectivity index (χ1v) is 6.52. The first kappa shape index (κ1) is 16.4. The Balaban J connectivity index is 2.02. The van der Waals surface area contributed by atoms with E-state index < -0.39 is 5.91 Å². The van der Waals surface area contributed by atoms with Crippen LogP contribution in [0.3, 0.4) is 0 Å². The van der Waals surface area contributed by atoms with Crippen LogP contribution >= 0.6 is 0 Å². The second kappa shape index (κ2) is 10.2. The van der Waals surface area contributed by atoms with Crippen LogP contribution in [0.15, 0.2) is 24.3 Å². The molecule has 6 heteroatoms. The van der Waals surface area contributed by atoms with Gasteiger partial charge in [-0.25, -0.2) is 0 Å². The molecule has 1 aromatic rings. The maximum absolute atomic E-state index is 10.9. The Bertz CT molecular complexity index is 381. The predicted octanol–water partition coefficient (Wildman–Crippen LogP) is 0.877. The van der Waals surface area contributed by atoms with Crippen LogP contribution in [0.4, 0.5) is 5.69 Å². The Labute approximate surface area is 119 Å². The van der Waals surface area contributed by atoms with Gasteiger partial charge in [-0.3, -0.25) is 4.79 Å². The second-order valence-corrected chi connectivity index (χ2v) is 4.09. The molecule has 0 aliphatic rings. The number of rotatable bonds is 11. The topological polar surface area (TPSA) is 82.8 Å². The van der Waals surface area contributed by atoms with Gasteiger partial charge in [0.1, 0.15) is 0 Å². The molecule has 0 aliphatic heterocycles. The molecule has 3 N–H and O–H groups in total. The quantitative estimate of drug-likeness (QED) is 0.589. The van der Waals surface area contributed by atoms with Gasteiger partial charge < -0.3 is 25.3 Å². The highest BCUT2D eigenvalue weighted by atomic mass is 16.5. The van der Waals surface area contributed by atoms with Gasteiger partial charge in [0, 0.05) is 24.9 Å². The van der Waals surface area contributed by atoms with Crippen LogP contribution in [0, 0.1) is 0 Å². The van der Waals surface area contributed by atoms with Crippen molar-refractivity contribution in [3.05, 3.63) is 29.8 Å². The van der Waals surface area contributed by atoms with Gasteiger partial charge in [-0.1, -0.05) is 0 Å². The summed E-state index contributed by atoms with van der Waals surface area (Å²) < 4.78 is 15.5. The molecule has 1 amide bonds. The highest BCUT2D eigenvalue weighted by Gasteiger charge is 1.99. The highest BCUT2D eigenvalue weighted by Crippen LogP contribution is 2.08. The fraction of sp³-hybridized carbons (Fsp3) is 0.500. The van der Waals surface area contributed by atoms with Gasteiger partial charge >= 0.3 is 0 Å². The SMILES string of the molecule is COCCOCCOCCNc1ccc(C(N)=O)cc1. The normalized spacial score (nSPS) is 10.4. The number of anilines is 1. The number of carbonyl (C=O) groups is 1. The van der Waals surface area contributed by atoms with Gasteiger partial charge in [0.15, 0.2) is 0 Å². The number of methoxy groups -OCH3 is 1. The molecule has 0 saturated carbocycles. The van der Waals surface area contributed by atoms with Gasteiger partial charge in [-0.2, -0.15) is 0 Å². The van der Waals surface area contributed by atoms with Crippen LogP contribution in [0.25, 0.3) is 0 Å². The van der Waals surface area contributed by atoms with E-state index in [2.05, 4.69) is 5.32 Å². The summed E-state index contributed by atoms with van der Waals surface area (Å²) in [5.74, 6) is -0.423. The smallest absolute Gasteiger partial charge is 0.248 e. The number of benzene rings is 1. The summed E-state index contributed by atoms with van der Waals surface area (Å²) in [5, 5.41) is 3.18. The van der Waals surface area contributed by atoms with Crippen molar-refractivity contribution < 1.29 is 19.0 Å². The van der Waals surface area contributed by atoms with E-state index in [0.717, 1.165) is 5.69 Å². The van der Waals surface area contributed by atoms with Crippen molar-refractivity contribution in [3.8, 4) is 0 Å². The van der Waals surface area contributed by atoms with E-state index >= 15 is 0 Å². The van der Waals surface area contributed by atoms with Gasteiger partial charge in [-0.05, 0) is 24.3 Å². The first-order valence-electron chi connectivity index (χ1n) is 6.52. The lowest BCUT2D eigenvalue weighted by Crippen LogP contribution is -2.14. The lowest BCUT2D eigenvalue weighted by Gasteiger charge is -2.08. The van der Waals surface area contributed by atoms with Crippen LogP contribution in [-0.4, -0.2) is 52.6 Å². The zero-order valence-corrected chi connectivity index (χ0v) is 11.8. The Morgan fingerprint density at radius 1 is 1.05 bits per heavy atom. The Morgan fingerprint density at radius 2 is 1.65 bits per heavy atom.